The molecule has 1 fully saturated rings. The molecule has 0 amide bonds. The highest BCUT2D eigenvalue weighted by Crippen LogP contribution is 2.32. The molecule has 2 rings (SSSR count). The highest BCUT2D eigenvalue weighted by atomic mass is 16.6. The Morgan fingerprint density at radius 3 is 2.76 bits per heavy atom. The Hall–Kier alpha value is -1.26. The van der Waals surface area contributed by atoms with Crippen molar-refractivity contribution in [3.63, 3.8) is 0 Å². The lowest BCUT2D eigenvalue weighted by atomic mass is 10.1. The third-order valence-electron chi connectivity index (χ3n) is 3.79. The summed E-state index contributed by atoms with van der Waals surface area (Å²) in [6.07, 6.45) is 2.30. The summed E-state index contributed by atoms with van der Waals surface area (Å²) in [5, 5.41) is 3.32. The van der Waals surface area contributed by atoms with Gasteiger partial charge in [0.2, 0.25) is 0 Å². The van der Waals surface area contributed by atoms with E-state index in [4.69, 9.17) is 14.2 Å². The average molecular weight is 293 g/mol. The quantitative estimate of drug-likeness (QED) is 0.838. The van der Waals surface area contributed by atoms with E-state index in [1.54, 1.807) is 7.11 Å². The van der Waals surface area contributed by atoms with Crippen molar-refractivity contribution in [3.8, 4) is 11.5 Å². The Labute approximate surface area is 127 Å². The van der Waals surface area contributed by atoms with E-state index >= 15 is 0 Å². The van der Waals surface area contributed by atoms with E-state index in [9.17, 15) is 0 Å². The molecular weight excluding hydrogens is 266 g/mol. The molecule has 4 nitrogen and oxygen atoms in total. The molecule has 1 aromatic carbocycles. The predicted octanol–water partition coefficient (Wildman–Crippen LogP) is 3.14. The van der Waals surface area contributed by atoms with Gasteiger partial charge in [0.1, 0.15) is 6.61 Å². The van der Waals surface area contributed by atoms with E-state index < -0.39 is 0 Å². The molecule has 0 bridgehead atoms. The van der Waals surface area contributed by atoms with Crippen molar-refractivity contribution in [2.75, 3.05) is 20.3 Å². The minimum atomic E-state index is -0.0228. The van der Waals surface area contributed by atoms with E-state index in [2.05, 4.69) is 32.2 Å². The second-order valence-electron chi connectivity index (χ2n) is 6.11. The van der Waals surface area contributed by atoms with Crippen LogP contribution in [0.1, 0.15) is 39.2 Å². The Bertz CT molecular complexity index is 459. The molecule has 0 radical (unpaired) electrons. The lowest BCUT2D eigenvalue weighted by Gasteiger charge is -2.20. The standard InChI is InChI=1S/C17H27NO3/c1-5-18-11-13-6-7-15(19-4)16(10-13)20-12-14-8-9-17(2,3)21-14/h6-7,10,14,18H,5,8-9,11-12H2,1-4H3. The number of rotatable bonds is 7. The first-order chi connectivity index (χ1) is 10.0. The molecule has 1 unspecified atom stereocenters. The first kappa shape index (κ1) is 16.1. The molecule has 0 spiro atoms. The van der Waals surface area contributed by atoms with Gasteiger partial charge in [0.25, 0.3) is 0 Å². The van der Waals surface area contributed by atoms with Crippen molar-refractivity contribution < 1.29 is 14.2 Å². The van der Waals surface area contributed by atoms with Crippen molar-refractivity contribution in [2.24, 2.45) is 0 Å². The van der Waals surface area contributed by atoms with Crippen LogP contribution in [-0.4, -0.2) is 32.0 Å². The van der Waals surface area contributed by atoms with Crippen LogP contribution >= 0.6 is 0 Å². The van der Waals surface area contributed by atoms with Crippen molar-refractivity contribution >= 4 is 0 Å². The largest absolute Gasteiger partial charge is 0.493 e. The van der Waals surface area contributed by atoms with Gasteiger partial charge in [-0.1, -0.05) is 13.0 Å². The van der Waals surface area contributed by atoms with Gasteiger partial charge in [-0.15, -0.1) is 0 Å². The lowest BCUT2D eigenvalue weighted by molar-refractivity contribution is -0.0329. The zero-order chi connectivity index (χ0) is 15.3. The number of ether oxygens (including phenoxy) is 3. The van der Waals surface area contributed by atoms with E-state index in [-0.39, 0.29) is 11.7 Å². The van der Waals surface area contributed by atoms with Crippen molar-refractivity contribution in [1.82, 2.24) is 5.32 Å². The zero-order valence-corrected chi connectivity index (χ0v) is 13.6. The summed E-state index contributed by atoms with van der Waals surface area (Å²) < 4.78 is 17.3. The average Bonchev–Trinajstić information content (AvgIpc) is 2.82. The minimum Gasteiger partial charge on any atom is -0.493 e. The second-order valence-corrected chi connectivity index (χ2v) is 6.11. The van der Waals surface area contributed by atoms with Crippen molar-refractivity contribution in [2.45, 2.75) is 51.9 Å². The number of hydrogen-bond acceptors (Lipinski definition) is 4. The maximum Gasteiger partial charge on any atom is 0.161 e. The molecule has 0 aromatic heterocycles. The van der Waals surface area contributed by atoms with Crippen LogP contribution in [0.25, 0.3) is 0 Å². The minimum absolute atomic E-state index is 0.0228. The molecule has 1 aromatic rings. The fourth-order valence-electron chi connectivity index (χ4n) is 2.59. The van der Waals surface area contributed by atoms with Gasteiger partial charge in [-0.2, -0.15) is 0 Å². The Morgan fingerprint density at radius 2 is 2.14 bits per heavy atom. The van der Waals surface area contributed by atoms with Crippen LogP contribution in [0.15, 0.2) is 18.2 Å². The summed E-state index contributed by atoms with van der Waals surface area (Å²) in [6.45, 7) is 8.72. The van der Waals surface area contributed by atoms with Gasteiger partial charge in [0.15, 0.2) is 11.5 Å². The first-order valence-corrected chi connectivity index (χ1v) is 7.72. The molecule has 0 aliphatic carbocycles. The maximum atomic E-state index is 5.96. The van der Waals surface area contributed by atoms with Crippen LogP contribution in [0.4, 0.5) is 0 Å². The van der Waals surface area contributed by atoms with Crippen molar-refractivity contribution in [1.29, 1.82) is 0 Å². The SMILES string of the molecule is CCNCc1ccc(OC)c(OCC2CCC(C)(C)O2)c1. The number of hydrogen-bond donors (Lipinski definition) is 1. The lowest BCUT2D eigenvalue weighted by Crippen LogP contribution is -2.24. The Balaban J connectivity index is 1.97. The highest BCUT2D eigenvalue weighted by molar-refractivity contribution is 5.43. The van der Waals surface area contributed by atoms with E-state index in [1.807, 2.05) is 12.1 Å². The molecule has 1 atom stereocenters. The number of nitrogens with one attached hydrogen (secondary N) is 1. The molecule has 0 saturated carbocycles. The number of methoxy groups -OCH3 is 1. The Kier molecular flexibility index (Phi) is 5.48. The van der Waals surface area contributed by atoms with Crippen LogP contribution in [0.3, 0.4) is 0 Å². The van der Waals surface area contributed by atoms with Crippen LogP contribution < -0.4 is 14.8 Å². The summed E-state index contributed by atoms with van der Waals surface area (Å²) in [6, 6.07) is 6.06. The first-order valence-electron chi connectivity index (χ1n) is 7.72. The number of benzene rings is 1. The molecular formula is C17H27NO3. The predicted molar refractivity (Wildman–Crippen MR) is 84.1 cm³/mol. The molecule has 1 aliphatic rings. The third kappa shape index (κ3) is 4.61. The zero-order valence-electron chi connectivity index (χ0n) is 13.6. The van der Waals surface area contributed by atoms with Crippen LogP contribution in [0.2, 0.25) is 0 Å². The van der Waals surface area contributed by atoms with Gasteiger partial charge < -0.3 is 19.5 Å². The maximum absolute atomic E-state index is 5.96. The molecule has 21 heavy (non-hydrogen) atoms. The molecule has 118 valence electrons. The highest BCUT2D eigenvalue weighted by Gasteiger charge is 2.32. The second kappa shape index (κ2) is 7.14. The molecule has 1 saturated heterocycles. The van der Waals surface area contributed by atoms with Gasteiger partial charge in [-0.25, -0.2) is 0 Å². The van der Waals surface area contributed by atoms with Gasteiger partial charge >= 0.3 is 0 Å². The molecule has 4 heteroatoms. The van der Waals surface area contributed by atoms with Crippen LogP contribution in [0, 0.1) is 0 Å². The molecule has 1 heterocycles. The topological polar surface area (TPSA) is 39.7 Å². The Morgan fingerprint density at radius 1 is 1.33 bits per heavy atom. The van der Waals surface area contributed by atoms with Crippen LogP contribution in [-0.2, 0) is 11.3 Å². The summed E-state index contributed by atoms with van der Waals surface area (Å²) in [4.78, 5) is 0. The third-order valence-corrected chi connectivity index (χ3v) is 3.79. The molecule has 1 N–H and O–H groups in total. The van der Waals surface area contributed by atoms with Gasteiger partial charge in [0, 0.05) is 6.54 Å². The summed E-state index contributed by atoms with van der Waals surface area (Å²) in [5.74, 6) is 1.56. The monoisotopic (exact) mass is 293 g/mol. The van der Waals surface area contributed by atoms with Gasteiger partial charge in [0.05, 0.1) is 18.8 Å². The fourth-order valence-corrected chi connectivity index (χ4v) is 2.59. The summed E-state index contributed by atoms with van der Waals surface area (Å²) >= 11 is 0. The smallest absolute Gasteiger partial charge is 0.161 e. The summed E-state index contributed by atoms with van der Waals surface area (Å²) in [7, 11) is 1.67. The van der Waals surface area contributed by atoms with Gasteiger partial charge in [-0.05, 0) is 50.9 Å². The van der Waals surface area contributed by atoms with Crippen molar-refractivity contribution in [3.05, 3.63) is 23.8 Å². The van der Waals surface area contributed by atoms with E-state index in [1.165, 1.54) is 5.56 Å². The summed E-state index contributed by atoms with van der Waals surface area (Å²) in [5.41, 5.74) is 1.17. The normalized spacial score (nSPS) is 20.5. The van der Waals surface area contributed by atoms with Crippen LogP contribution in [0.5, 0.6) is 11.5 Å². The molecule has 1 aliphatic heterocycles. The fraction of sp³-hybridized carbons (Fsp3) is 0.647. The van der Waals surface area contributed by atoms with Gasteiger partial charge in [-0.3, -0.25) is 0 Å². The van der Waals surface area contributed by atoms with E-state index in [0.717, 1.165) is 37.4 Å². The van der Waals surface area contributed by atoms with E-state index in [0.29, 0.717) is 6.61 Å².